The van der Waals surface area contributed by atoms with Gasteiger partial charge in [0.25, 0.3) is 0 Å². The second kappa shape index (κ2) is 5.27. The molecular weight excluding hydrogens is 234 g/mol. The Morgan fingerprint density at radius 1 is 1.00 bits per heavy atom. The van der Waals surface area contributed by atoms with Crippen LogP contribution >= 0.6 is 0 Å². The first kappa shape index (κ1) is 13.3. The first-order chi connectivity index (χ1) is 7.96. The predicted molar refractivity (Wildman–Crippen MR) is 70.8 cm³/mol. The molecular formula is C13H25NO2S. The van der Waals surface area contributed by atoms with Gasteiger partial charge in [-0.05, 0) is 43.9 Å². The molecule has 1 saturated heterocycles. The Bertz CT molecular complexity index is 338. The number of rotatable bonds is 2. The van der Waals surface area contributed by atoms with Gasteiger partial charge < -0.3 is 5.32 Å². The summed E-state index contributed by atoms with van der Waals surface area (Å²) in [6.07, 6.45) is 5.49. The normalized spacial score (nSPS) is 39.1. The fourth-order valence-corrected chi connectivity index (χ4v) is 4.76. The highest BCUT2D eigenvalue weighted by molar-refractivity contribution is 7.91. The third-order valence-corrected chi connectivity index (χ3v) is 6.15. The smallest absolute Gasteiger partial charge is 0.150 e. The zero-order valence-electron chi connectivity index (χ0n) is 11.0. The van der Waals surface area contributed by atoms with Crippen LogP contribution in [0.1, 0.15) is 46.0 Å². The van der Waals surface area contributed by atoms with Crippen molar-refractivity contribution in [3.05, 3.63) is 0 Å². The second-order valence-electron chi connectivity index (χ2n) is 6.09. The highest BCUT2D eigenvalue weighted by atomic mass is 32.2. The van der Waals surface area contributed by atoms with Crippen LogP contribution in [-0.4, -0.2) is 32.0 Å². The van der Waals surface area contributed by atoms with Crippen molar-refractivity contribution in [2.75, 3.05) is 11.5 Å². The van der Waals surface area contributed by atoms with Crippen molar-refractivity contribution in [2.24, 2.45) is 11.8 Å². The standard InChI is InChI=1S/C13H25NO2S/c1-10-3-4-13(11(2)9-10)14-12-5-7-17(15,16)8-6-12/h10-14H,3-9H2,1-2H3. The van der Waals surface area contributed by atoms with Crippen molar-refractivity contribution in [3.63, 3.8) is 0 Å². The number of sulfone groups is 1. The van der Waals surface area contributed by atoms with E-state index in [0.717, 1.165) is 24.7 Å². The molecule has 0 radical (unpaired) electrons. The van der Waals surface area contributed by atoms with Crippen molar-refractivity contribution in [1.29, 1.82) is 0 Å². The van der Waals surface area contributed by atoms with Crippen LogP contribution in [-0.2, 0) is 9.84 Å². The van der Waals surface area contributed by atoms with Crippen LogP contribution in [0.3, 0.4) is 0 Å². The molecule has 0 amide bonds. The van der Waals surface area contributed by atoms with Gasteiger partial charge in [0.15, 0.2) is 0 Å². The van der Waals surface area contributed by atoms with E-state index < -0.39 is 9.84 Å². The van der Waals surface area contributed by atoms with Gasteiger partial charge in [-0.15, -0.1) is 0 Å². The number of hydrogen-bond donors (Lipinski definition) is 1. The molecule has 1 N–H and O–H groups in total. The Balaban J connectivity index is 1.82. The lowest BCUT2D eigenvalue weighted by Crippen LogP contribution is -2.47. The predicted octanol–water partition coefficient (Wildman–Crippen LogP) is 1.98. The second-order valence-corrected chi connectivity index (χ2v) is 8.40. The van der Waals surface area contributed by atoms with Gasteiger partial charge in [0.1, 0.15) is 9.84 Å². The lowest BCUT2D eigenvalue weighted by Gasteiger charge is -2.37. The molecule has 100 valence electrons. The Morgan fingerprint density at radius 2 is 1.65 bits per heavy atom. The maximum absolute atomic E-state index is 11.4. The van der Waals surface area contributed by atoms with Gasteiger partial charge in [-0.1, -0.05) is 13.8 Å². The lowest BCUT2D eigenvalue weighted by atomic mass is 9.79. The summed E-state index contributed by atoms with van der Waals surface area (Å²) in [5, 5.41) is 3.70. The molecule has 3 nitrogen and oxygen atoms in total. The van der Waals surface area contributed by atoms with E-state index in [1.165, 1.54) is 19.3 Å². The van der Waals surface area contributed by atoms with E-state index in [1.54, 1.807) is 0 Å². The third-order valence-electron chi connectivity index (χ3n) is 4.44. The van der Waals surface area contributed by atoms with E-state index in [9.17, 15) is 8.42 Å². The van der Waals surface area contributed by atoms with Crippen LogP contribution in [0.15, 0.2) is 0 Å². The molecule has 0 aromatic rings. The molecule has 1 heterocycles. The first-order valence-electron chi connectivity index (χ1n) is 6.93. The zero-order valence-corrected chi connectivity index (χ0v) is 11.8. The molecule has 17 heavy (non-hydrogen) atoms. The van der Waals surface area contributed by atoms with Crippen LogP contribution in [0.25, 0.3) is 0 Å². The van der Waals surface area contributed by atoms with Crippen molar-refractivity contribution in [2.45, 2.75) is 58.0 Å². The van der Waals surface area contributed by atoms with E-state index in [0.29, 0.717) is 23.6 Å². The van der Waals surface area contributed by atoms with Crippen molar-refractivity contribution in [3.8, 4) is 0 Å². The SMILES string of the molecule is CC1CCC(NC2CCS(=O)(=O)CC2)C(C)C1. The highest BCUT2D eigenvalue weighted by Gasteiger charge is 2.29. The van der Waals surface area contributed by atoms with Crippen molar-refractivity contribution >= 4 is 9.84 Å². The topological polar surface area (TPSA) is 46.2 Å². The van der Waals surface area contributed by atoms with Crippen LogP contribution < -0.4 is 5.32 Å². The van der Waals surface area contributed by atoms with E-state index in [4.69, 9.17) is 0 Å². The van der Waals surface area contributed by atoms with Crippen LogP contribution in [0.2, 0.25) is 0 Å². The average molecular weight is 259 g/mol. The molecule has 1 aliphatic heterocycles. The van der Waals surface area contributed by atoms with E-state index in [1.807, 2.05) is 0 Å². The summed E-state index contributed by atoms with van der Waals surface area (Å²) in [6, 6.07) is 1.04. The summed E-state index contributed by atoms with van der Waals surface area (Å²) in [6.45, 7) is 4.66. The van der Waals surface area contributed by atoms with Crippen LogP contribution in [0.4, 0.5) is 0 Å². The Hall–Kier alpha value is -0.0900. The minimum absolute atomic E-state index is 0.377. The van der Waals surface area contributed by atoms with Gasteiger partial charge in [-0.25, -0.2) is 8.42 Å². The lowest BCUT2D eigenvalue weighted by molar-refractivity contribution is 0.209. The van der Waals surface area contributed by atoms with E-state index in [-0.39, 0.29) is 0 Å². The summed E-state index contributed by atoms with van der Waals surface area (Å²) in [5.74, 6) is 2.34. The molecule has 1 aliphatic carbocycles. The van der Waals surface area contributed by atoms with Gasteiger partial charge >= 0.3 is 0 Å². The summed E-state index contributed by atoms with van der Waals surface area (Å²) >= 11 is 0. The van der Waals surface area contributed by atoms with Gasteiger partial charge in [0, 0.05) is 12.1 Å². The molecule has 2 aliphatic rings. The molecule has 3 unspecified atom stereocenters. The van der Waals surface area contributed by atoms with Gasteiger partial charge in [0.05, 0.1) is 11.5 Å². The number of hydrogen-bond acceptors (Lipinski definition) is 3. The van der Waals surface area contributed by atoms with E-state index in [2.05, 4.69) is 19.2 Å². The van der Waals surface area contributed by atoms with Gasteiger partial charge in [-0.3, -0.25) is 0 Å². The molecule has 2 fully saturated rings. The summed E-state index contributed by atoms with van der Waals surface area (Å²) < 4.78 is 22.7. The molecule has 1 saturated carbocycles. The minimum Gasteiger partial charge on any atom is -0.311 e. The van der Waals surface area contributed by atoms with Gasteiger partial charge in [-0.2, -0.15) is 0 Å². The maximum atomic E-state index is 11.4. The monoisotopic (exact) mass is 259 g/mol. The van der Waals surface area contributed by atoms with Crippen LogP contribution in [0, 0.1) is 11.8 Å². The maximum Gasteiger partial charge on any atom is 0.150 e. The molecule has 0 bridgehead atoms. The molecule has 0 aromatic carbocycles. The van der Waals surface area contributed by atoms with Crippen molar-refractivity contribution in [1.82, 2.24) is 5.32 Å². The molecule has 2 rings (SSSR count). The average Bonchev–Trinajstić information content (AvgIpc) is 2.25. The summed E-state index contributed by atoms with van der Waals surface area (Å²) in [7, 11) is -2.72. The fourth-order valence-electron chi connectivity index (χ4n) is 3.27. The Labute approximate surface area is 105 Å². The Kier molecular flexibility index (Phi) is 4.14. The van der Waals surface area contributed by atoms with Gasteiger partial charge in [0.2, 0.25) is 0 Å². The largest absolute Gasteiger partial charge is 0.311 e. The quantitative estimate of drug-likeness (QED) is 0.825. The third kappa shape index (κ3) is 3.68. The first-order valence-corrected chi connectivity index (χ1v) is 8.75. The van der Waals surface area contributed by atoms with E-state index >= 15 is 0 Å². The highest BCUT2D eigenvalue weighted by Crippen LogP contribution is 2.29. The minimum atomic E-state index is -2.72. The van der Waals surface area contributed by atoms with Crippen LogP contribution in [0.5, 0.6) is 0 Å². The number of nitrogens with one attached hydrogen (secondary N) is 1. The molecule has 0 aromatic heterocycles. The summed E-state index contributed by atoms with van der Waals surface area (Å²) in [5.41, 5.74) is 0. The molecule has 3 atom stereocenters. The zero-order chi connectivity index (χ0) is 12.5. The molecule has 4 heteroatoms. The van der Waals surface area contributed by atoms with Crippen molar-refractivity contribution < 1.29 is 8.42 Å². The molecule has 0 spiro atoms. The summed E-state index contributed by atoms with van der Waals surface area (Å²) in [4.78, 5) is 0. The Morgan fingerprint density at radius 3 is 2.24 bits per heavy atom. The fraction of sp³-hybridized carbons (Fsp3) is 1.00.